The van der Waals surface area contributed by atoms with Gasteiger partial charge in [-0.15, -0.1) is 0 Å². The van der Waals surface area contributed by atoms with E-state index in [0.29, 0.717) is 19.4 Å². The Kier molecular flexibility index (Phi) is 4.29. The maximum Gasteiger partial charge on any atom is 0.331 e. The molecule has 0 radical (unpaired) electrons. The summed E-state index contributed by atoms with van der Waals surface area (Å²) in [5, 5.41) is 2.74. The minimum absolute atomic E-state index is 0.296. The average Bonchev–Trinajstić information content (AvgIpc) is 2.68. The molecule has 0 aromatic rings. The molecule has 1 amide bonds. The third-order valence-electron chi connectivity index (χ3n) is 2.90. The molecule has 0 heterocycles. The van der Waals surface area contributed by atoms with E-state index in [1.807, 2.05) is 0 Å². The molecule has 1 aliphatic rings. The van der Waals surface area contributed by atoms with Crippen molar-refractivity contribution in [1.29, 1.82) is 0 Å². The first-order valence-corrected chi connectivity index (χ1v) is 5.76. The molecule has 0 aromatic heterocycles. The monoisotopic (exact) mass is 228 g/mol. The molecular formula is C11H20N2O3. The molecule has 1 rings (SSSR count). The van der Waals surface area contributed by atoms with E-state index in [-0.39, 0.29) is 11.9 Å². The van der Waals surface area contributed by atoms with Gasteiger partial charge in [-0.1, -0.05) is 12.8 Å². The highest BCUT2D eigenvalue weighted by Gasteiger charge is 2.44. The second-order valence-corrected chi connectivity index (χ2v) is 4.29. The van der Waals surface area contributed by atoms with Crippen LogP contribution in [0.15, 0.2) is 0 Å². The first-order valence-electron chi connectivity index (χ1n) is 5.76. The van der Waals surface area contributed by atoms with Crippen LogP contribution in [0, 0.1) is 0 Å². The molecular weight excluding hydrogens is 208 g/mol. The fraction of sp³-hybridized carbons (Fsp3) is 0.818. The second-order valence-electron chi connectivity index (χ2n) is 4.29. The molecule has 0 unspecified atom stereocenters. The molecule has 1 aliphatic carbocycles. The van der Waals surface area contributed by atoms with E-state index < -0.39 is 11.6 Å². The fourth-order valence-corrected chi connectivity index (χ4v) is 1.98. The number of carbonyl (C=O) groups excluding carboxylic acids is 2. The summed E-state index contributed by atoms with van der Waals surface area (Å²) in [5.41, 5.74) is 4.65. The molecule has 0 spiro atoms. The van der Waals surface area contributed by atoms with Gasteiger partial charge < -0.3 is 15.8 Å². The topological polar surface area (TPSA) is 81.4 Å². The molecule has 0 saturated heterocycles. The zero-order valence-corrected chi connectivity index (χ0v) is 9.91. The maximum absolute atomic E-state index is 11.8. The van der Waals surface area contributed by atoms with Crippen LogP contribution in [0.3, 0.4) is 0 Å². The molecule has 92 valence electrons. The lowest BCUT2D eigenvalue weighted by Crippen LogP contribution is -2.56. The van der Waals surface area contributed by atoms with Gasteiger partial charge >= 0.3 is 5.97 Å². The fourth-order valence-electron chi connectivity index (χ4n) is 1.98. The quantitative estimate of drug-likeness (QED) is 0.679. The maximum atomic E-state index is 11.8. The Balaban J connectivity index is 2.73. The van der Waals surface area contributed by atoms with Gasteiger partial charge in [0.05, 0.1) is 12.6 Å². The van der Waals surface area contributed by atoms with E-state index in [4.69, 9.17) is 10.5 Å². The largest absolute Gasteiger partial charge is 0.464 e. The number of nitrogens with two attached hydrogens (primary N) is 1. The highest BCUT2D eigenvalue weighted by atomic mass is 16.5. The predicted molar refractivity (Wildman–Crippen MR) is 59.6 cm³/mol. The van der Waals surface area contributed by atoms with Gasteiger partial charge in [-0.25, -0.2) is 4.79 Å². The van der Waals surface area contributed by atoms with E-state index in [0.717, 1.165) is 12.8 Å². The second kappa shape index (κ2) is 5.30. The number of nitrogens with one attached hydrogen (secondary N) is 1. The van der Waals surface area contributed by atoms with Gasteiger partial charge in [0.15, 0.2) is 0 Å². The van der Waals surface area contributed by atoms with Gasteiger partial charge in [-0.3, -0.25) is 4.79 Å². The summed E-state index contributed by atoms with van der Waals surface area (Å²) >= 11 is 0. The van der Waals surface area contributed by atoms with E-state index in [1.54, 1.807) is 13.8 Å². The third kappa shape index (κ3) is 2.72. The molecule has 5 nitrogen and oxygen atoms in total. The van der Waals surface area contributed by atoms with Gasteiger partial charge in [0.2, 0.25) is 5.91 Å². The summed E-state index contributed by atoms with van der Waals surface area (Å²) in [7, 11) is 0. The van der Waals surface area contributed by atoms with Gasteiger partial charge in [0, 0.05) is 0 Å². The number of rotatable bonds is 4. The Morgan fingerprint density at radius 2 is 2.00 bits per heavy atom. The lowest BCUT2D eigenvalue weighted by molar-refractivity contribution is -0.153. The molecule has 1 atom stereocenters. The van der Waals surface area contributed by atoms with Crippen molar-refractivity contribution >= 4 is 11.9 Å². The van der Waals surface area contributed by atoms with E-state index in [2.05, 4.69) is 5.32 Å². The van der Waals surface area contributed by atoms with E-state index in [9.17, 15) is 9.59 Å². The summed E-state index contributed by atoms with van der Waals surface area (Å²) in [6.45, 7) is 3.69. The van der Waals surface area contributed by atoms with Crippen LogP contribution >= 0.6 is 0 Å². The lowest BCUT2D eigenvalue weighted by atomic mass is 9.97. The minimum Gasteiger partial charge on any atom is -0.464 e. The van der Waals surface area contributed by atoms with E-state index >= 15 is 0 Å². The van der Waals surface area contributed by atoms with E-state index in [1.165, 1.54) is 0 Å². The molecule has 0 aromatic carbocycles. The van der Waals surface area contributed by atoms with Gasteiger partial charge in [-0.2, -0.15) is 0 Å². The molecule has 1 saturated carbocycles. The van der Waals surface area contributed by atoms with Crippen LogP contribution in [0.2, 0.25) is 0 Å². The van der Waals surface area contributed by atoms with Crippen molar-refractivity contribution in [3.8, 4) is 0 Å². The molecule has 16 heavy (non-hydrogen) atoms. The summed E-state index contributed by atoms with van der Waals surface area (Å²) in [4.78, 5) is 23.4. The normalized spacial score (nSPS) is 20.2. The van der Waals surface area contributed by atoms with Gasteiger partial charge in [0.1, 0.15) is 5.54 Å². The number of amides is 1. The lowest BCUT2D eigenvalue weighted by Gasteiger charge is -2.28. The first-order chi connectivity index (χ1) is 7.52. The number of esters is 1. The summed E-state index contributed by atoms with van der Waals surface area (Å²) in [6.07, 6.45) is 3.14. The SMILES string of the molecule is CCOC(=O)C1(NC(=O)[C@H](C)N)CCCC1. The summed E-state index contributed by atoms with van der Waals surface area (Å²) < 4.78 is 5.02. The third-order valence-corrected chi connectivity index (χ3v) is 2.90. The molecule has 0 bridgehead atoms. The Labute approximate surface area is 95.7 Å². The van der Waals surface area contributed by atoms with Crippen LogP contribution in [-0.2, 0) is 14.3 Å². The molecule has 0 aliphatic heterocycles. The Morgan fingerprint density at radius 3 is 2.44 bits per heavy atom. The van der Waals surface area contributed by atoms with Crippen molar-refractivity contribution in [2.75, 3.05) is 6.61 Å². The standard InChI is InChI=1S/C11H20N2O3/c1-3-16-10(15)11(6-4-5-7-11)13-9(14)8(2)12/h8H,3-7,12H2,1-2H3,(H,13,14)/t8-/m0/s1. The summed E-state index contributed by atoms with van der Waals surface area (Å²) in [5.74, 6) is -0.628. The van der Waals surface area contributed by atoms with Gasteiger partial charge in [0.25, 0.3) is 0 Å². The first kappa shape index (κ1) is 13.0. The van der Waals surface area contributed by atoms with Crippen molar-refractivity contribution in [2.45, 2.75) is 51.1 Å². The van der Waals surface area contributed by atoms with Crippen molar-refractivity contribution in [1.82, 2.24) is 5.32 Å². The van der Waals surface area contributed by atoms with Crippen LogP contribution in [0.4, 0.5) is 0 Å². The van der Waals surface area contributed by atoms with Crippen LogP contribution < -0.4 is 11.1 Å². The molecule has 5 heteroatoms. The highest BCUT2D eigenvalue weighted by molar-refractivity contribution is 5.90. The van der Waals surface area contributed by atoms with Crippen molar-refractivity contribution in [3.63, 3.8) is 0 Å². The average molecular weight is 228 g/mol. The van der Waals surface area contributed by atoms with Crippen LogP contribution in [0.25, 0.3) is 0 Å². The Morgan fingerprint density at radius 1 is 1.44 bits per heavy atom. The van der Waals surface area contributed by atoms with Crippen LogP contribution in [-0.4, -0.2) is 30.1 Å². The van der Waals surface area contributed by atoms with Crippen LogP contribution in [0.5, 0.6) is 0 Å². The predicted octanol–water partition coefficient (Wildman–Crippen LogP) is 0.326. The van der Waals surface area contributed by atoms with Crippen molar-refractivity contribution in [3.05, 3.63) is 0 Å². The Bertz CT molecular complexity index is 270. The van der Waals surface area contributed by atoms with Gasteiger partial charge in [-0.05, 0) is 26.7 Å². The number of hydrogen-bond donors (Lipinski definition) is 2. The van der Waals surface area contributed by atoms with Crippen molar-refractivity contribution in [2.24, 2.45) is 5.73 Å². The summed E-state index contributed by atoms with van der Waals surface area (Å²) in [6, 6.07) is -0.605. The number of ether oxygens (including phenoxy) is 1. The number of carbonyl (C=O) groups is 2. The zero-order chi connectivity index (χ0) is 12.2. The number of hydrogen-bond acceptors (Lipinski definition) is 4. The zero-order valence-electron chi connectivity index (χ0n) is 9.91. The smallest absolute Gasteiger partial charge is 0.331 e. The Hall–Kier alpha value is -1.10. The van der Waals surface area contributed by atoms with Crippen molar-refractivity contribution < 1.29 is 14.3 Å². The minimum atomic E-state index is -0.833. The molecule has 3 N–H and O–H groups in total. The van der Waals surface area contributed by atoms with Crippen LogP contribution in [0.1, 0.15) is 39.5 Å². The highest BCUT2D eigenvalue weighted by Crippen LogP contribution is 2.30. The molecule has 1 fully saturated rings.